The highest BCUT2D eigenvalue weighted by Gasteiger charge is 2.16. The Hall–Kier alpha value is -2.30. The van der Waals surface area contributed by atoms with Crippen LogP contribution in [0.25, 0.3) is 21.5 Å². The third kappa shape index (κ3) is 3.03. The van der Waals surface area contributed by atoms with Gasteiger partial charge in [0.25, 0.3) is 0 Å². The van der Waals surface area contributed by atoms with E-state index >= 15 is 0 Å². The predicted molar refractivity (Wildman–Crippen MR) is 96.1 cm³/mol. The summed E-state index contributed by atoms with van der Waals surface area (Å²) >= 11 is 0. The van der Waals surface area contributed by atoms with Gasteiger partial charge < -0.3 is 19.7 Å². The van der Waals surface area contributed by atoms with Gasteiger partial charge in [-0.05, 0) is 26.0 Å². The van der Waals surface area contributed by atoms with E-state index in [9.17, 15) is 0 Å². The van der Waals surface area contributed by atoms with Crippen LogP contribution in [0.15, 0.2) is 36.4 Å². The minimum Gasteiger partial charge on any atom is -0.490 e. The first-order valence-corrected chi connectivity index (χ1v) is 8.09. The van der Waals surface area contributed by atoms with E-state index in [0.717, 1.165) is 44.2 Å². The first-order valence-electron chi connectivity index (χ1n) is 8.09. The molecule has 0 spiro atoms. The average molecular weight is 326 g/mol. The highest BCUT2D eigenvalue weighted by molar-refractivity contribution is 6.11. The van der Waals surface area contributed by atoms with E-state index in [2.05, 4.69) is 12.1 Å². The van der Waals surface area contributed by atoms with E-state index in [-0.39, 0.29) is 26.4 Å². The fourth-order valence-electron chi connectivity index (χ4n) is 2.98. The molecule has 0 saturated carbocycles. The summed E-state index contributed by atoms with van der Waals surface area (Å²) in [6.45, 7) is 4.46. The van der Waals surface area contributed by atoms with E-state index < -0.39 is 0 Å². The second-order valence-electron chi connectivity index (χ2n) is 5.90. The van der Waals surface area contributed by atoms with Crippen molar-refractivity contribution in [1.82, 2.24) is 0 Å². The minimum absolute atomic E-state index is 0.0383. The predicted octanol–water partition coefficient (Wildman–Crippen LogP) is 3.35. The van der Waals surface area contributed by atoms with Crippen molar-refractivity contribution in [2.45, 2.75) is 13.8 Å². The van der Waals surface area contributed by atoms with Crippen molar-refractivity contribution in [3.8, 4) is 11.5 Å². The van der Waals surface area contributed by atoms with Crippen molar-refractivity contribution in [2.75, 3.05) is 26.4 Å². The van der Waals surface area contributed by atoms with Crippen molar-refractivity contribution >= 4 is 21.5 Å². The molecule has 0 heterocycles. The topological polar surface area (TPSA) is 58.9 Å². The maximum Gasteiger partial charge on any atom is 0.135 e. The molecule has 3 aromatic rings. The monoisotopic (exact) mass is 326 g/mol. The standard InChI is InChI=1S/C20H22O4/c1-13-3-5-15-17(11-13)19(23-9-7-21)16-6-4-14(2)12-18(16)20(15)24-10-8-22/h3-6,11-12,21-22H,7-10H2,1-2H3. The molecule has 0 saturated heterocycles. The van der Waals surface area contributed by atoms with Crippen molar-refractivity contribution in [3.05, 3.63) is 47.5 Å². The highest BCUT2D eigenvalue weighted by Crippen LogP contribution is 2.43. The number of rotatable bonds is 6. The Balaban J connectivity index is 2.38. The normalized spacial score (nSPS) is 11.2. The molecule has 4 heteroatoms. The lowest BCUT2D eigenvalue weighted by atomic mass is 9.98. The lowest BCUT2D eigenvalue weighted by molar-refractivity contribution is 0.202. The second-order valence-corrected chi connectivity index (χ2v) is 5.90. The summed E-state index contributed by atoms with van der Waals surface area (Å²) < 4.78 is 11.8. The smallest absolute Gasteiger partial charge is 0.135 e. The number of fused-ring (bicyclic) bond motifs is 2. The van der Waals surface area contributed by atoms with Crippen LogP contribution in [0.4, 0.5) is 0 Å². The van der Waals surface area contributed by atoms with Gasteiger partial charge in [-0.25, -0.2) is 0 Å². The molecule has 0 amide bonds. The quantitative estimate of drug-likeness (QED) is 0.682. The Bertz CT molecular complexity index is 797. The Morgan fingerprint density at radius 1 is 0.667 bits per heavy atom. The van der Waals surface area contributed by atoms with Gasteiger partial charge in [0.05, 0.1) is 13.2 Å². The van der Waals surface area contributed by atoms with Gasteiger partial charge in [0, 0.05) is 21.5 Å². The molecule has 0 unspecified atom stereocenters. The molecule has 4 nitrogen and oxygen atoms in total. The lowest BCUT2D eigenvalue weighted by Gasteiger charge is -2.18. The maximum atomic E-state index is 9.16. The molecule has 0 aromatic heterocycles. The number of aliphatic hydroxyl groups excluding tert-OH is 2. The van der Waals surface area contributed by atoms with Gasteiger partial charge in [-0.1, -0.05) is 35.4 Å². The molecule has 24 heavy (non-hydrogen) atoms. The van der Waals surface area contributed by atoms with Gasteiger partial charge >= 0.3 is 0 Å². The van der Waals surface area contributed by atoms with Gasteiger partial charge in [-0.15, -0.1) is 0 Å². The molecule has 0 radical (unpaired) electrons. The summed E-state index contributed by atoms with van der Waals surface area (Å²) in [5.74, 6) is 1.52. The van der Waals surface area contributed by atoms with Crippen molar-refractivity contribution < 1.29 is 19.7 Å². The molecule has 0 fully saturated rings. The summed E-state index contributed by atoms with van der Waals surface area (Å²) in [5.41, 5.74) is 2.24. The Morgan fingerprint density at radius 3 is 1.46 bits per heavy atom. The van der Waals surface area contributed by atoms with E-state index in [1.807, 2.05) is 38.1 Å². The first-order chi connectivity index (χ1) is 11.7. The molecule has 0 atom stereocenters. The van der Waals surface area contributed by atoms with Crippen LogP contribution in [-0.4, -0.2) is 36.6 Å². The van der Waals surface area contributed by atoms with Crippen molar-refractivity contribution in [1.29, 1.82) is 0 Å². The van der Waals surface area contributed by atoms with Gasteiger partial charge in [0.2, 0.25) is 0 Å². The van der Waals surface area contributed by atoms with E-state index in [1.54, 1.807) is 0 Å². The van der Waals surface area contributed by atoms with Crippen molar-refractivity contribution in [2.24, 2.45) is 0 Å². The fourth-order valence-corrected chi connectivity index (χ4v) is 2.98. The molecule has 0 aliphatic carbocycles. The van der Waals surface area contributed by atoms with Crippen LogP contribution in [0.5, 0.6) is 11.5 Å². The van der Waals surface area contributed by atoms with Gasteiger partial charge in [-0.3, -0.25) is 0 Å². The highest BCUT2D eigenvalue weighted by atomic mass is 16.5. The molecular formula is C20H22O4. The van der Waals surface area contributed by atoms with Crippen LogP contribution < -0.4 is 9.47 Å². The largest absolute Gasteiger partial charge is 0.490 e. The van der Waals surface area contributed by atoms with Crippen LogP contribution >= 0.6 is 0 Å². The summed E-state index contributed by atoms with van der Waals surface area (Å²) in [5, 5.41) is 22.1. The summed E-state index contributed by atoms with van der Waals surface area (Å²) in [6.07, 6.45) is 0. The molecule has 0 aliphatic rings. The number of hydrogen-bond donors (Lipinski definition) is 2. The third-order valence-corrected chi connectivity index (χ3v) is 4.00. The van der Waals surface area contributed by atoms with Crippen LogP contribution in [0, 0.1) is 13.8 Å². The van der Waals surface area contributed by atoms with E-state index in [4.69, 9.17) is 19.7 Å². The summed E-state index contributed by atoms with van der Waals surface area (Å²) in [6, 6.07) is 12.2. The van der Waals surface area contributed by atoms with Gasteiger partial charge in [0.15, 0.2) is 0 Å². The zero-order chi connectivity index (χ0) is 17.1. The van der Waals surface area contributed by atoms with Gasteiger partial charge in [-0.2, -0.15) is 0 Å². The number of aryl methyl sites for hydroxylation is 2. The number of ether oxygens (including phenoxy) is 2. The van der Waals surface area contributed by atoms with Crippen LogP contribution in [0.1, 0.15) is 11.1 Å². The maximum absolute atomic E-state index is 9.16. The van der Waals surface area contributed by atoms with Crippen molar-refractivity contribution in [3.63, 3.8) is 0 Å². The number of aliphatic hydroxyl groups is 2. The van der Waals surface area contributed by atoms with Crippen LogP contribution in [0.2, 0.25) is 0 Å². The van der Waals surface area contributed by atoms with E-state index in [0.29, 0.717) is 0 Å². The Morgan fingerprint density at radius 2 is 1.08 bits per heavy atom. The van der Waals surface area contributed by atoms with Crippen LogP contribution in [0.3, 0.4) is 0 Å². The molecule has 0 bridgehead atoms. The Kier molecular flexibility index (Phi) is 4.88. The zero-order valence-corrected chi connectivity index (χ0v) is 14.0. The second kappa shape index (κ2) is 7.07. The SMILES string of the molecule is Cc1ccc2c(OCCO)c3cc(C)ccc3c(OCCO)c2c1. The van der Waals surface area contributed by atoms with Gasteiger partial charge in [0.1, 0.15) is 24.7 Å². The lowest BCUT2D eigenvalue weighted by Crippen LogP contribution is -2.06. The zero-order valence-electron chi connectivity index (χ0n) is 14.0. The molecule has 126 valence electrons. The first kappa shape index (κ1) is 16.6. The van der Waals surface area contributed by atoms with Crippen LogP contribution in [-0.2, 0) is 0 Å². The number of hydrogen-bond acceptors (Lipinski definition) is 4. The third-order valence-electron chi connectivity index (χ3n) is 4.00. The van der Waals surface area contributed by atoms with E-state index in [1.165, 1.54) is 0 Å². The molecule has 3 rings (SSSR count). The molecular weight excluding hydrogens is 304 g/mol. The average Bonchev–Trinajstić information content (AvgIpc) is 2.58. The summed E-state index contributed by atoms with van der Waals surface area (Å²) in [4.78, 5) is 0. The molecule has 0 aliphatic heterocycles. The summed E-state index contributed by atoms with van der Waals surface area (Å²) in [7, 11) is 0. The molecule has 2 N–H and O–H groups in total. The fraction of sp³-hybridized carbons (Fsp3) is 0.300. The number of benzene rings is 3. The Labute approximate surface area is 141 Å². The molecule has 3 aromatic carbocycles. The minimum atomic E-state index is -0.0383.